The van der Waals surface area contributed by atoms with Crippen LogP contribution >= 0.6 is 0 Å². The second kappa shape index (κ2) is 4.23. The Labute approximate surface area is 77.0 Å². The molecule has 0 atom stereocenters. The molecular weight excluding hydrogens is 171 g/mol. The molecule has 0 heterocycles. The van der Waals surface area contributed by atoms with Gasteiger partial charge >= 0.3 is 0 Å². The predicted molar refractivity (Wildman–Crippen MR) is 48.0 cm³/mol. The molecule has 0 saturated heterocycles. The SMILES string of the molecule is CC(C)OCc1ccc(F)c(O)c1. The van der Waals surface area contributed by atoms with Crippen molar-refractivity contribution in [1.29, 1.82) is 0 Å². The summed E-state index contributed by atoms with van der Waals surface area (Å²) in [4.78, 5) is 0. The topological polar surface area (TPSA) is 29.5 Å². The van der Waals surface area contributed by atoms with E-state index in [-0.39, 0.29) is 11.9 Å². The smallest absolute Gasteiger partial charge is 0.164 e. The van der Waals surface area contributed by atoms with Gasteiger partial charge in [-0.3, -0.25) is 0 Å². The third kappa shape index (κ3) is 3.03. The molecule has 0 unspecified atom stereocenters. The van der Waals surface area contributed by atoms with Crippen molar-refractivity contribution in [3.63, 3.8) is 0 Å². The molecule has 1 aromatic rings. The highest BCUT2D eigenvalue weighted by Gasteiger charge is 2.02. The van der Waals surface area contributed by atoms with Gasteiger partial charge in [0, 0.05) is 0 Å². The quantitative estimate of drug-likeness (QED) is 0.781. The Kier molecular flexibility index (Phi) is 3.25. The molecular formula is C10H13FO2. The number of phenols is 1. The molecule has 0 aliphatic heterocycles. The van der Waals surface area contributed by atoms with Gasteiger partial charge in [0.25, 0.3) is 0 Å². The maximum Gasteiger partial charge on any atom is 0.164 e. The van der Waals surface area contributed by atoms with E-state index in [9.17, 15) is 4.39 Å². The number of hydrogen-bond acceptors (Lipinski definition) is 2. The molecule has 0 bridgehead atoms. The summed E-state index contributed by atoms with van der Waals surface area (Å²) in [7, 11) is 0. The number of hydrogen-bond donors (Lipinski definition) is 1. The van der Waals surface area contributed by atoms with Crippen LogP contribution in [0.25, 0.3) is 0 Å². The van der Waals surface area contributed by atoms with Crippen LogP contribution < -0.4 is 0 Å². The van der Waals surface area contributed by atoms with Crippen LogP contribution in [-0.2, 0) is 11.3 Å². The van der Waals surface area contributed by atoms with Gasteiger partial charge in [-0.2, -0.15) is 0 Å². The molecule has 1 rings (SSSR count). The monoisotopic (exact) mass is 184 g/mol. The summed E-state index contributed by atoms with van der Waals surface area (Å²) in [6.45, 7) is 4.23. The first-order valence-electron chi connectivity index (χ1n) is 4.18. The van der Waals surface area contributed by atoms with Crippen molar-refractivity contribution in [2.45, 2.75) is 26.6 Å². The summed E-state index contributed by atoms with van der Waals surface area (Å²) in [5.41, 5.74) is 0.771. The van der Waals surface area contributed by atoms with Crippen molar-refractivity contribution in [2.24, 2.45) is 0 Å². The minimum Gasteiger partial charge on any atom is -0.505 e. The average molecular weight is 184 g/mol. The van der Waals surface area contributed by atoms with Crippen LogP contribution in [0.5, 0.6) is 5.75 Å². The van der Waals surface area contributed by atoms with Gasteiger partial charge < -0.3 is 9.84 Å². The Morgan fingerprint density at radius 2 is 2.15 bits per heavy atom. The van der Waals surface area contributed by atoms with Crippen LogP contribution in [0.2, 0.25) is 0 Å². The number of halogens is 1. The van der Waals surface area contributed by atoms with Gasteiger partial charge in [0.15, 0.2) is 11.6 Å². The largest absolute Gasteiger partial charge is 0.505 e. The highest BCUT2D eigenvalue weighted by atomic mass is 19.1. The van der Waals surface area contributed by atoms with Crippen molar-refractivity contribution in [3.8, 4) is 5.75 Å². The fraction of sp³-hybridized carbons (Fsp3) is 0.400. The Morgan fingerprint density at radius 1 is 1.46 bits per heavy atom. The van der Waals surface area contributed by atoms with Crippen molar-refractivity contribution in [2.75, 3.05) is 0 Å². The Hall–Kier alpha value is -1.09. The lowest BCUT2D eigenvalue weighted by atomic mass is 10.2. The molecule has 2 nitrogen and oxygen atoms in total. The molecule has 3 heteroatoms. The van der Waals surface area contributed by atoms with Crippen LogP contribution in [0.4, 0.5) is 4.39 Å². The molecule has 1 aromatic carbocycles. The third-order valence-electron chi connectivity index (χ3n) is 1.59. The lowest BCUT2D eigenvalue weighted by molar-refractivity contribution is 0.0655. The maximum atomic E-state index is 12.6. The number of ether oxygens (including phenoxy) is 1. The van der Waals surface area contributed by atoms with Crippen LogP contribution in [-0.4, -0.2) is 11.2 Å². The minimum absolute atomic E-state index is 0.132. The Balaban J connectivity index is 2.63. The van der Waals surface area contributed by atoms with Crippen molar-refractivity contribution < 1.29 is 14.2 Å². The van der Waals surface area contributed by atoms with E-state index in [1.165, 1.54) is 12.1 Å². The van der Waals surface area contributed by atoms with Crippen molar-refractivity contribution in [3.05, 3.63) is 29.6 Å². The molecule has 1 N–H and O–H groups in total. The molecule has 0 saturated carbocycles. The molecule has 0 aliphatic carbocycles. The molecule has 0 amide bonds. The van der Waals surface area contributed by atoms with Crippen LogP contribution in [0.15, 0.2) is 18.2 Å². The van der Waals surface area contributed by atoms with E-state index in [1.807, 2.05) is 13.8 Å². The molecule has 0 spiro atoms. The molecule has 0 radical (unpaired) electrons. The van der Waals surface area contributed by atoms with E-state index in [2.05, 4.69) is 0 Å². The average Bonchev–Trinajstić information content (AvgIpc) is 2.07. The summed E-state index contributed by atoms with van der Waals surface area (Å²) in [6, 6.07) is 4.20. The van der Waals surface area contributed by atoms with Gasteiger partial charge in [0.2, 0.25) is 0 Å². The van der Waals surface area contributed by atoms with Gasteiger partial charge in [-0.15, -0.1) is 0 Å². The third-order valence-corrected chi connectivity index (χ3v) is 1.59. The van der Waals surface area contributed by atoms with Crippen LogP contribution in [0.3, 0.4) is 0 Å². The summed E-state index contributed by atoms with van der Waals surface area (Å²) >= 11 is 0. The summed E-state index contributed by atoms with van der Waals surface area (Å²) in [5, 5.41) is 9.03. The highest BCUT2D eigenvalue weighted by molar-refractivity contribution is 5.28. The summed E-state index contributed by atoms with van der Waals surface area (Å²) in [5.74, 6) is -0.932. The van der Waals surface area contributed by atoms with Gasteiger partial charge in [0.1, 0.15) is 0 Å². The standard InChI is InChI=1S/C10H13FO2/c1-7(2)13-6-8-3-4-9(11)10(12)5-8/h3-5,7,12H,6H2,1-2H3. The second-order valence-electron chi connectivity index (χ2n) is 3.15. The zero-order chi connectivity index (χ0) is 9.84. The molecule has 0 fully saturated rings. The number of benzene rings is 1. The van der Waals surface area contributed by atoms with E-state index >= 15 is 0 Å². The van der Waals surface area contributed by atoms with E-state index in [0.29, 0.717) is 6.61 Å². The van der Waals surface area contributed by atoms with E-state index in [1.54, 1.807) is 6.07 Å². The minimum atomic E-state index is -0.603. The zero-order valence-corrected chi connectivity index (χ0v) is 7.75. The summed E-state index contributed by atoms with van der Waals surface area (Å²) < 4.78 is 17.9. The maximum absolute atomic E-state index is 12.6. The van der Waals surface area contributed by atoms with E-state index < -0.39 is 5.82 Å². The fourth-order valence-electron chi connectivity index (χ4n) is 0.911. The first kappa shape index (κ1) is 9.99. The van der Waals surface area contributed by atoms with E-state index in [0.717, 1.165) is 5.56 Å². The fourth-order valence-corrected chi connectivity index (χ4v) is 0.911. The Morgan fingerprint density at radius 3 is 2.69 bits per heavy atom. The normalized spacial score (nSPS) is 10.8. The first-order chi connectivity index (χ1) is 6.09. The van der Waals surface area contributed by atoms with Crippen LogP contribution in [0.1, 0.15) is 19.4 Å². The lowest BCUT2D eigenvalue weighted by Gasteiger charge is -2.07. The number of rotatable bonds is 3. The molecule has 72 valence electrons. The van der Waals surface area contributed by atoms with Crippen LogP contribution in [0, 0.1) is 5.82 Å². The van der Waals surface area contributed by atoms with Gasteiger partial charge in [0.05, 0.1) is 12.7 Å². The van der Waals surface area contributed by atoms with Gasteiger partial charge in [-0.1, -0.05) is 6.07 Å². The van der Waals surface area contributed by atoms with Gasteiger partial charge in [-0.05, 0) is 31.5 Å². The summed E-state index contributed by atoms with van der Waals surface area (Å²) in [6.07, 6.45) is 0.132. The number of aromatic hydroxyl groups is 1. The lowest BCUT2D eigenvalue weighted by Crippen LogP contribution is -2.02. The number of phenolic OH excluding ortho intramolecular Hbond substituents is 1. The van der Waals surface area contributed by atoms with Crippen molar-refractivity contribution in [1.82, 2.24) is 0 Å². The zero-order valence-electron chi connectivity index (χ0n) is 7.75. The molecule has 0 aromatic heterocycles. The predicted octanol–water partition coefficient (Wildman–Crippen LogP) is 2.46. The highest BCUT2D eigenvalue weighted by Crippen LogP contribution is 2.17. The molecule has 0 aliphatic rings. The second-order valence-corrected chi connectivity index (χ2v) is 3.15. The van der Waals surface area contributed by atoms with Crippen molar-refractivity contribution >= 4 is 0 Å². The van der Waals surface area contributed by atoms with E-state index in [4.69, 9.17) is 9.84 Å². The van der Waals surface area contributed by atoms with Gasteiger partial charge in [-0.25, -0.2) is 4.39 Å². The Bertz CT molecular complexity index is 284. The first-order valence-corrected chi connectivity index (χ1v) is 4.18. The molecule has 13 heavy (non-hydrogen) atoms.